The Morgan fingerprint density at radius 1 is 1.21 bits per heavy atom. The molecule has 0 saturated carbocycles. The average molecular weight is 266 g/mol. The predicted octanol–water partition coefficient (Wildman–Crippen LogP) is 0.801. The van der Waals surface area contributed by atoms with Crippen molar-refractivity contribution >= 4 is 11.8 Å². The number of rotatable bonds is 1. The molecule has 2 rings (SSSR count). The van der Waals surface area contributed by atoms with Gasteiger partial charge in [0.05, 0.1) is 18.8 Å². The van der Waals surface area contributed by atoms with Gasteiger partial charge in [-0.1, -0.05) is 5.57 Å². The minimum absolute atomic E-state index is 0.00881. The first kappa shape index (κ1) is 14.1. The van der Waals surface area contributed by atoms with Crippen LogP contribution in [0.3, 0.4) is 0 Å². The number of likely N-dealkylation sites (tertiary alicyclic amines) is 1. The van der Waals surface area contributed by atoms with Gasteiger partial charge in [-0.2, -0.15) is 0 Å². The third-order valence-corrected chi connectivity index (χ3v) is 3.71. The summed E-state index contributed by atoms with van der Waals surface area (Å²) < 4.78 is 5.72. The fraction of sp³-hybridized carbons (Fsp3) is 0.714. The summed E-state index contributed by atoms with van der Waals surface area (Å²) in [5.74, 6) is 0.0994. The lowest BCUT2D eigenvalue weighted by atomic mass is 9.98. The molecule has 2 heterocycles. The van der Waals surface area contributed by atoms with E-state index in [2.05, 4.69) is 0 Å². The van der Waals surface area contributed by atoms with Crippen molar-refractivity contribution in [3.8, 4) is 0 Å². The number of allylic oxidation sites excluding steroid dienone is 1. The largest absolute Gasteiger partial charge is 0.374 e. The lowest BCUT2D eigenvalue weighted by molar-refractivity contribution is -0.154. The normalized spacial score (nSPS) is 26.7. The maximum Gasteiger partial charge on any atom is 0.246 e. The zero-order valence-electron chi connectivity index (χ0n) is 11.9. The van der Waals surface area contributed by atoms with E-state index in [-0.39, 0.29) is 24.0 Å². The molecule has 0 radical (unpaired) electrons. The number of piperidine rings is 1. The van der Waals surface area contributed by atoms with Gasteiger partial charge in [-0.3, -0.25) is 9.59 Å². The molecule has 2 aliphatic rings. The van der Waals surface area contributed by atoms with Crippen LogP contribution >= 0.6 is 0 Å². The molecule has 106 valence electrons. The van der Waals surface area contributed by atoms with Crippen molar-refractivity contribution < 1.29 is 14.3 Å². The molecular formula is C14H22N2O3. The van der Waals surface area contributed by atoms with Crippen LogP contribution in [0.25, 0.3) is 0 Å². The Hall–Kier alpha value is -1.36. The number of hydrogen-bond acceptors (Lipinski definition) is 3. The number of morpholine rings is 1. The van der Waals surface area contributed by atoms with Crippen molar-refractivity contribution in [2.75, 3.05) is 26.2 Å². The first-order valence-corrected chi connectivity index (χ1v) is 6.81. The Morgan fingerprint density at radius 2 is 1.95 bits per heavy atom. The van der Waals surface area contributed by atoms with Crippen molar-refractivity contribution in [1.82, 2.24) is 9.80 Å². The Balaban J connectivity index is 2.08. The van der Waals surface area contributed by atoms with E-state index in [0.717, 1.165) is 12.0 Å². The van der Waals surface area contributed by atoms with E-state index in [4.69, 9.17) is 4.74 Å². The summed E-state index contributed by atoms with van der Waals surface area (Å²) in [5.41, 5.74) is 0.996. The Labute approximate surface area is 114 Å². The molecule has 2 aliphatic heterocycles. The van der Waals surface area contributed by atoms with E-state index >= 15 is 0 Å². The molecule has 2 saturated heterocycles. The topological polar surface area (TPSA) is 49.9 Å². The molecule has 5 nitrogen and oxygen atoms in total. The van der Waals surface area contributed by atoms with Crippen molar-refractivity contribution in [3.63, 3.8) is 0 Å². The maximum absolute atomic E-state index is 12.1. The minimum Gasteiger partial charge on any atom is -0.374 e. The van der Waals surface area contributed by atoms with Gasteiger partial charge in [0.15, 0.2) is 0 Å². The van der Waals surface area contributed by atoms with Gasteiger partial charge in [-0.15, -0.1) is 0 Å². The predicted molar refractivity (Wildman–Crippen MR) is 71.5 cm³/mol. The van der Waals surface area contributed by atoms with E-state index in [1.807, 2.05) is 23.6 Å². The number of fused-ring (bicyclic) bond motifs is 1. The van der Waals surface area contributed by atoms with Gasteiger partial charge in [-0.25, -0.2) is 0 Å². The second-order valence-electron chi connectivity index (χ2n) is 5.48. The Morgan fingerprint density at radius 3 is 2.58 bits per heavy atom. The fourth-order valence-corrected chi connectivity index (χ4v) is 2.80. The van der Waals surface area contributed by atoms with Gasteiger partial charge < -0.3 is 14.5 Å². The number of amides is 2. The zero-order chi connectivity index (χ0) is 14.0. The summed E-state index contributed by atoms with van der Waals surface area (Å²) in [7, 11) is 0. The highest BCUT2D eigenvalue weighted by Gasteiger charge is 2.39. The molecule has 19 heavy (non-hydrogen) atoms. The van der Waals surface area contributed by atoms with Crippen LogP contribution < -0.4 is 0 Å². The minimum atomic E-state index is 0.00881. The van der Waals surface area contributed by atoms with Crippen LogP contribution in [0.5, 0.6) is 0 Å². The van der Waals surface area contributed by atoms with Gasteiger partial charge in [-0.05, 0) is 20.3 Å². The van der Waals surface area contributed by atoms with Gasteiger partial charge >= 0.3 is 0 Å². The molecule has 2 fully saturated rings. The molecule has 0 aromatic carbocycles. The number of carbonyl (C=O) groups is 2. The smallest absolute Gasteiger partial charge is 0.246 e. The van der Waals surface area contributed by atoms with Crippen LogP contribution in [0.15, 0.2) is 11.6 Å². The number of hydrogen-bond donors (Lipinski definition) is 0. The molecule has 0 aliphatic carbocycles. The maximum atomic E-state index is 12.1. The van der Waals surface area contributed by atoms with Crippen molar-refractivity contribution in [2.24, 2.45) is 0 Å². The monoisotopic (exact) mass is 266 g/mol. The molecule has 0 bridgehead atoms. The van der Waals surface area contributed by atoms with Crippen molar-refractivity contribution in [2.45, 2.75) is 39.3 Å². The molecule has 0 N–H and O–H groups in total. The molecular weight excluding hydrogens is 244 g/mol. The highest BCUT2D eigenvalue weighted by atomic mass is 16.5. The summed E-state index contributed by atoms with van der Waals surface area (Å²) in [4.78, 5) is 27.4. The third-order valence-electron chi connectivity index (χ3n) is 3.71. The summed E-state index contributed by atoms with van der Waals surface area (Å²) >= 11 is 0. The first-order chi connectivity index (χ1) is 8.99. The van der Waals surface area contributed by atoms with Crippen LogP contribution in [0.4, 0.5) is 0 Å². The molecule has 0 aromatic heterocycles. The van der Waals surface area contributed by atoms with Crippen molar-refractivity contribution in [3.05, 3.63) is 11.6 Å². The Bertz CT molecular complexity index is 401. The Kier molecular flexibility index (Phi) is 4.24. The second-order valence-corrected chi connectivity index (χ2v) is 5.48. The molecule has 2 atom stereocenters. The van der Waals surface area contributed by atoms with E-state index in [0.29, 0.717) is 26.2 Å². The van der Waals surface area contributed by atoms with Crippen LogP contribution in [-0.4, -0.2) is 60.0 Å². The van der Waals surface area contributed by atoms with Crippen LogP contribution in [-0.2, 0) is 14.3 Å². The quantitative estimate of drug-likeness (QED) is 0.660. The average Bonchev–Trinajstić information content (AvgIpc) is 2.36. The zero-order valence-corrected chi connectivity index (χ0v) is 11.9. The van der Waals surface area contributed by atoms with Gasteiger partial charge in [0.25, 0.3) is 0 Å². The van der Waals surface area contributed by atoms with Gasteiger partial charge in [0.2, 0.25) is 11.8 Å². The summed E-state index contributed by atoms with van der Waals surface area (Å²) in [6, 6.07) is 0.00881. The van der Waals surface area contributed by atoms with E-state index < -0.39 is 0 Å². The van der Waals surface area contributed by atoms with Gasteiger partial charge in [0.1, 0.15) is 0 Å². The molecule has 0 unspecified atom stereocenters. The third kappa shape index (κ3) is 3.15. The number of nitrogens with zero attached hydrogens (tertiary/aromatic N) is 2. The first-order valence-electron chi connectivity index (χ1n) is 6.81. The number of ether oxygens (including phenoxy) is 1. The molecule has 0 spiro atoms. The summed E-state index contributed by atoms with van der Waals surface area (Å²) in [6.07, 6.45) is 2.53. The van der Waals surface area contributed by atoms with E-state index in [1.54, 1.807) is 13.0 Å². The van der Waals surface area contributed by atoms with E-state index in [9.17, 15) is 9.59 Å². The summed E-state index contributed by atoms with van der Waals surface area (Å²) in [6.45, 7) is 7.91. The van der Waals surface area contributed by atoms with Crippen LogP contribution in [0.1, 0.15) is 27.2 Å². The lowest BCUT2D eigenvalue weighted by Gasteiger charge is -2.46. The summed E-state index contributed by atoms with van der Waals surface area (Å²) in [5, 5.41) is 0. The highest BCUT2D eigenvalue weighted by molar-refractivity contribution is 5.88. The van der Waals surface area contributed by atoms with Crippen molar-refractivity contribution in [1.29, 1.82) is 0 Å². The second kappa shape index (κ2) is 5.74. The SMILES string of the molecule is CC(=O)N1CCO[C@@H]2CCN(C(=O)C=C(C)C)C[C@H]21. The van der Waals surface area contributed by atoms with Gasteiger partial charge in [0, 0.05) is 32.6 Å². The molecule has 0 aromatic rings. The standard InChI is InChI=1S/C14H22N2O3/c1-10(2)8-14(18)15-5-4-13-12(9-15)16(11(3)17)6-7-19-13/h8,12-13H,4-7,9H2,1-3H3/t12-,13-/m1/s1. The van der Waals surface area contributed by atoms with Crippen LogP contribution in [0, 0.1) is 0 Å². The number of carbonyl (C=O) groups excluding carboxylic acids is 2. The van der Waals surface area contributed by atoms with Crippen LogP contribution in [0.2, 0.25) is 0 Å². The lowest BCUT2D eigenvalue weighted by Crippen LogP contribution is -2.61. The van der Waals surface area contributed by atoms with E-state index in [1.165, 1.54) is 0 Å². The fourth-order valence-electron chi connectivity index (χ4n) is 2.80. The molecule has 5 heteroatoms. The highest BCUT2D eigenvalue weighted by Crippen LogP contribution is 2.23. The molecule has 2 amide bonds.